The average molecular weight is 435 g/mol. The smallest absolute Gasteiger partial charge is 0.321 e. The number of nitrogens with one attached hydrogen (secondary N) is 1. The van der Waals surface area contributed by atoms with Gasteiger partial charge in [-0.1, -0.05) is 42.5 Å². The molecule has 5 nitrogen and oxygen atoms in total. The Morgan fingerprint density at radius 2 is 1.53 bits per heavy atom. The molecule has 0 radical (unpaired) electrons. The molecule has 1 amide bonds. The van der Waals surface area contributed by atoms with Crippen molar-refractivity contribution in [1.29, 1.82) is 0 Å². The third-order valence-electron chi connectivity index (χ3n) is 5.52. The highest BCUT2D eigenvalue weighted by molar-refractivity contribution is 6.17. The van der Waals surface area contributed by atoms with Crippen LogP contribution in [-0.4, -0.2) is 14.9 Å². The summed E-state index contributed by atoms with van der Waals surface area (Å²) in [4.78, 5) is 26.3. The number of rotatable bonds is 2. The van der Waals surface area contributed by atoms with Crippen LogP contribution in [0.2, 0.25) is 0 Å². The van der Waals surface area contributed by atoms with Crippen LogP contribution >= 0.6 is 0 Å². The lowest BCUT2D eigenvalue weighted by atomic mass is 10.1. The summed E-state index contributed by atoms with van der Waals surface area (Å²) < 4.78 is 42.5. The Hall–Kier alpha value is -4.07. The highest BCUT2D eigenvalue weighted by atomic mass is 19.4. The SMILES string of the molecule is Cn1c(=O)c2ccccc2n2c(C(=O)Nc3cccc(C(F)(F)F)c3)c3ccccc3c12. The van der Waals surface area contributed by atoms with Crippen LogP contribution in [0.1, 0.15) is 16.1 Å². The molecular formula is C24H16F3N3O2. The van der Waals surface area contributed by atoms with Crippen molar-refractivity contribution < 1.29 is 18.0 Å². The van der Waals surface area contributed by atoms with Gasteiger partial charge in [-0.2, -0.15) is 13.2 Å². The number of benzene rings is 3. The van der Waals surface area contributed by atoms with Gasteiger partial charge < -0.3 is 5.32 Å². The largest absolute Gasteiger partial charge is 0.416 e. The van der Waals surface area contributed by atoms with Crippen molar-refractivity contribution >= 4 is 38.9 Å². The number of hydrogen-bond acceptors (Lipinski definition) is 2. The number of amides is 1. The average Bonchev–Trinajstić information content (AvgIpc) is 3.13. The lowest BCUT2D eigenvalue weighted by Gasteiger charge is -2.12. The van der Waals surface area contributed by atoms with Crippen molar-refractivity contribution in [3.05, 3.63) is 94.4 Å². The lowest BCUT2D eigenvalue weighted by molar-refractivity contribution is -0.137. The van der Waals surface area contributed by atoms with E-state index in [1.165, 1.54) is 16.7 Å². The Labute approximate surface area is 179 Å². The van der Waals surface area contributed by atoms with E-state index < -0.39 is 17.6 Å². The maximum atomic E-state index is 13.4. The fourth-order valence-corrected chi connectivity index (χ4v) is 4.11. The normalized spacial score (nSPS) is 12.0. The molecule has 1 N–H and O–H groups in total. The van der Waals surface area contributed by atoms with Crippen LogP contribution in [-0.2, 0) is 13.2 Å². The molecule has 0 aliphatic rings. The second kappa shape index (κ2) is 6.98. The van der Waals surface area contributed by atoms with Gasteiger partial charge in [-0.05, 0) is 30.3 Å². The quantitative estimate of drug-likeness (QED) is 0.414. The number of anilines is 1. The second-order valence-electron chi connectivity index (χ2n) is 7.47. The van der Waals surface area contributed by atoms with Gasteiger partial charge in [0, 0.05) is 23.5 Å². The molecule has 5 rings (SSSR count). The van der Waals surface area contributed by atoms with Gasteiger partial charge in [-0.15, -0.1) is 0 Å². The van der Waals surface area contributed by atoms with Crippen LogP contribution < -0.4 is 10.9 Å². The summed E-state index contributed by atoms with van der Waals surface area (Å²) in [5, 5.41) is 4.29. The first-order valence-electron chi connectivity index (χ1n) is 9.77. The summed E-state index contributed by atoms with van der Waals surface area (Å²) in [6.07, 6.45) is -4.52. The summed E-state index contributed by atoms with van der Waals surface area (Å²) in [5.41, 5.74) is 0.265. The van der Waals surface area contributed by atoms with Crippen molar-refractivity contribution in [2.24, 2.45) is 7.05 Å². The van der Waals surface area contributed by atoms with E-state index >= 15 is 0 Å². The molecule has 8 heteroatoms. The molecule has 0 fully saturated rings. The topological polar surface area (TPSA) is 55.5 Å². The van der Waals surface area contributed by atoms with Gasteiger partial charge >= 0.3 is 6.18 Å². The zero-order valence-electron chi connectivity index (χ0n) is 16.8. The van der Waals surface area contributed by atoms with Crippen LogP contribution in [0.3, 0.4) is 0 Å². The van der Waals surface area contributed by atoms with Gasteiger partial charge in [0.05, 0.1) is 16.5 Å². The first kappa shape index (κ1) is 19.9. The van der Waals surface area contributed by atoms with Gasteiger partial charge in [0.1, 0.15) is 11.3 Å². The highest BCUT2D eigenvalue weighted by Gasteiger charge is 2.31. The van der Waals surface area contributed by atoms with Crippen molar-refractivity contribution in [3.63, 3.8) is 0 Å². The maximum Gasteiger partial charge on any atom is 0.416 e. The molecular weight excluding hydrogens is 419 g/mol. The van der Waals surface area contributed by atoms with Gasteiger partial charge in [-0.3, -0.25) is 18.6 Å². The van der Waals surface area contributed by atoms with Crippen LogP contribution in [0.4, 0.5) is 18.9 Å². The van der Waals surface area contributed by atoms with E-state index in [0.717, 1.165) is 12.1 Å². The van der Waals surface area contributed by atoms with Crippen LogP contribution in [0, 0.1) is 0 Å². The van der Waals surface area contributed by atoms with Crippen LogP contribution in [0.5, 0.6) is 0 Å². The molecule has 2 aromatic heterocycles. The standard InChI is InChI=1S/C24H16F3N3O2/c1-29-22-17-10-3-2-9-16(17)20(30(22)19-12-5-4-11-18(19)23(29)32)21(31)28-15-8-6-7-14(13-15)24(25,26)27/h2-13H,1H3,(H,28,31). The molecule has 2 heterocycles. The predicted octanol–water partition coefficient (Wildman–Crippen LogP) is 5.22. The van der Waals surface area contributed by atoms with E-state index in [0.29, 0.717) is 27.3 Å². The minimum absolute atomic E-state index is 0.0259. The second-order valence-corrected chi connectivity index (χ2v) is 7.47. The van der Waals surface area contributed by atoms with E-state index in [1.807, 2.05) is 0 Å². The third-order valence-corrected chi connectivity index (χ3v) is 5.52. The third kappa shape index (κ3) is 2.95. The number of nitrogens with zero attached hydrogens (tertiary/aromatic N) is 2. The number of carbonyl (C=O) groups is 1. The van der Waals surface area contributed by atoms with Gasteiger partial charge in [-0.25, -0.2) is 0 Å². The van der Waals surface area contributed by atoms with Crippen LogP contribution in [0.25, 0.3) is 27.3 Å². The molecule has 0 saturated carbocycles. The van der Waals surface area contributed by atoms with E-state index in [9.17, 15) is 22.8 Å². The Morgan fingerprint density at radius 3 is 2.25 bits per heavy atom. The first-order valence-corrected chi connectivity index (χ1v) is 9.77. The summed E-state index contributed by atoms with van der Waals surface area (Å²) in [6, 6.07) is 18.5. The predicted molar refractivity (Wildman–Crippen MR) is 117 cm³/mol. The number of aromatic nitrogens is 2. The number of fused-ring (bicyclic) bond motifs is 5. The van der Waals surface area contributed by atoms with E-state index in [4.69, 9.17) is 0 Å². The molecule has 32 heavy (non-hydrogen) atoms. The summed E-state index contributed by atoms with van der Waals surface area (Å²) in [7, 11) is 1.63. The van der Waals surface area contributed by atoms with Gasteiger partial charge in [0.15, 0.2) is 0 Å². The fraction of sp³-hybridized carbons (Fsp3) is 0.0833. The van der Waals surface area contributed by atoms with Crippen molar-refractivity contribution in [3.8, 4) is 0 Å². The highest BCUT2D eigenvalue weighted by Crippen LogP contribution is 2.32. The van der Waals surface area contributed by atoms with Gasteiger partial charge in [0.25, 0.3) is 11.5 Å². The minimum atomic E-state index is -4.52. The number of halogens is 3. The monoisotopic (exact) mass is 435 g/mol. The molecule has 0 unspecified atom stereocenters. The van der Waals surface area contributed by atoms with E-state index in [-0.39, 0.29) is 16.9 Å². The Kier molecular flexibility index (Phi) is 4.33. The summed E-state index contributed by atoms with van der Waals surface area (Å²) >= 11 is 0. The Balaban J connectivity index is 1.79. The molecule has 0 saturated heterocycles. The molecule has 0 bridgehead atoms. The van der Waals surface area contributed by atoms with Crippen molar-refractivity contribution in [2.45, 2.75) is 6.18 Å². The summed E-state index contributed by atoms with van der Waals surface area (Å²) in [6.45, 7) is 0. The maximum absolute atomic E-state index is 13.4. The van der Waals surface area contributed by atoms with E-state index in [1.54, 1.807) is 60.0 Å². The zero-order valence-corrected chi connectivity index (χ0v) is 16.8. The number of alkyl halides is 3. The lowest BCUT2D eigenvalue weighted by Crippen LogP contribution is -2.22. The van der Waals surface area contributed by atoms with Gasteiger partial charge in [0.2, 0.25) is 0 Å². The van der Waals surface area contributed by atoms with Crippen molar-refractivity contribution in [2.75, 3.05) is 5.32 Å². The number of carbonyl (C=O) groups excluding carboxylic acids is 1. The number of aryl methyl sites for hydroxylation is 1. The summed E-state index contributed by atoms with van der Waals surface area (Å²) in [5.74, 6) is -0.579. The fourth-order valence-electron chi connectivity index (χ4n) is 4.11. The molecule has 0 atom stereocenters. The molecule has 5 aromatic rings. The molecule has 0 spiro atoms. The first-order chi connectivity index (χ1) is 15.3. The zero-order chi connectivity index (χ0) is 22.6. The van der Waals surface area contributed by atoms with E-state index in [2.05, 4.69) is 5.32 Å². The number of para-hydroxylation sites is 1. The number of hydrogen-bond donors (Lipinski definition) is 1. The Bertz CT molecular complexity index is 1600. The minimum Gasteiger partial charge on any atom is -0.321 e. The Morgan fingerprint density at radius 1 is 0.875 bits per heavy atom. The molecule has 160 valence electrons. The molecule has 0 aliphatic carbocycles. The molecule has 3 aromatic carbocycles. The van der Waals surface area contributed by atoms with Crippen LogP contribution in [0.15, 0.2) is 77.6 Å². The van der Waals surface area contributed by atoms with Crippen molar-refractivity contribution in [1.82, 2.24) is 8.97 Å². The molecule has 0 aliphatic heterocycles.